The second-order valence-electron chi connectivity index (χ2n) is 7.11. The summed E-state index contributed by atoms with van der Waals surface area (Å²) in [4.78, 5) is 15.8. The van der Waals surface area contributed by atoms with Gasteiger partial charge in [0, 0.05) is 30.4 Å². The Kier molecular flexibility index (Phi) is 4.28. The molecule has 0 unspecified atom stereocenters. The van der Waals surface area contributed by atoms with Gasteiger partial charge in [0.25, 0.3) is 0 Å². The number of piperidine rings is 1. The molecule has 0 amide bonds. The summed E-state index contributed by atoms with van der Waals surface area (Å²) in [6.45, 7) is 5.88. The Morgan fingerprint density at radius 3 is 2.81 bits per heavy atom. The van der Waals surface area contributed by atoms with Crippen LogP contribution < -0.4 is 10.6 Å². The maximum absolute atomic E-state index is 6.50. The number of hydrogen-bond donors (Lipinski definition) is 2. The highest BCUT2D eigenvalue weighted by Crippen LogP contribution is 2.32. The molecule has 0 saturated carbocycles. The van der Waals surface area contributed by atoms with Gasteiger partial charge in [-0.2, -0.15) is 5.10 Å². The van der Waals surface area contributed by atoms with Gasteiger partial charge in [0.05, 0.1) is 22.6 Å². The summed E-state index contributed by atoms with van der Waals surface area (Å²) in [5.41, 5.74) is 9.90. The molecule has 3 aromatic rings. The number of halogens is 1. The number of rotatable bonds is 3. The van der Waals surface area contributed by atoms with E-state index in [1.165, 1.54) is 0 Å². The molecule has 4 rings (SSSR count). The molecule has 26 heavy (non-hydrogen) atoms. The summed E-state index contributed by atoms with van der Waals surface area (Å²) in [5.74, 6) is 0.834. The maximum atomic E-state index is 6.50. The minimum atomic E-state index is -0.0946. The lowest BCUT2D eigenvalue weighted by Gasteiger charge is -2.37. The lowest BCUT2D eigenvalue weighted by molar-refractivity contribution is 0.363. The minimum Gasteiger partial charge on any atom is -0.355 e. The zero-order valence-corrected chi connectivity index (χ0v) is 15.7. The second-order valence-corrected chi connectivity index (χ2v) is 7.49. The number of fused-ring (bicyclic) bond motifs is 1. The smallest absolute Gasteiger partial charge is 0.202 e. The minimum absolute atomic E-state index is 0.0946. The van der Waals surface area contributed by atoms with Crippen LogP contribution in [0.2, 0.25) is 5.02 Å². The Labute approximate surface area is 157 Å². The molecule has 1 fully saturated rings. The van der Waals surface area contributed by atoms with Gasteiger partial charge in [-0.3, -0.25) is 10.1 Å². The van der Waals surface area contributed by atoms with E-state index in [1.807, 2.05) is 13.0 Å². The first-order valence-corrected chi connectivity index (χ1v) is 9.25. The molecule has 7 nitrogen and oxygen atoms in total. The fourth-order valence-corrected chi connectivity index (χ4v) is 3.64. The Morgan fingerprint density at radius 1 is 1.31 bits per heavy atom. The predicted octanol–water partition coefficient (Wildman–Crippen LogP) is 2.95. The van der Waals surface area contributed by atoms with Gasteiger partial charge in [0.2, 0.25) is 5.65 Å². The van der Waals surface area contributed by atoms with Crippen LogP contribution in [-0.4, -0.2) is 43.8 Å². The summed E-state index contributed by atoms with van der Waals surface area (Å²) in [7, 11) is 0. The monoisotopic (exact) mass is 371 g/mol. The first-order valence-electron chi connectivity index (χ1n) is 8.87. The van der Waals surface area contributed by atoms with Crippen LogP contribution in [-0.2, 0) is 6.42 Å². The molecule has 1 aliphatic rings. The molecule has 0 aromatic carbocycles. The number of nitrogens with one attached hydrogen (secondary N) is 1. The quantitative estimate of drug-likeness (QED) is 0.734. The third kappa shape index (κ3) is 3.01. The van der Waals surface area contributed by atoms with Gasteiger partial charge in [0.15, 0.2) is 0 Å². The van der Waals surface area contributed by atoms with Crippen LogP contribution >= 0.6 is 11.6 Å². The van der Waals surface area contributed by atoms with Crippen molar-refractivity contribution < 1.29 is 0 Å². The Morgan fingerprint density at radius 2 is 2.08 bits per heavy atom. The van der Waals surface area contributed by atoms with E-state index in [0.717, 1.165) is 55.1 Å². The molecular weight excluding hydrogens is 350 g/mol. The van der Waals surface area contributed by atoms with Crippen LogP contribution in [0.25, 0.3) is 22.4 Å². The highest BCUT2D eigenvalue weighted by Gasteiger charge is 2.27. The summed E-state index contributed by atoms with van der Waals surface area (Å²) < 4.78 is 0. The first kappa shape index (κ1) is 17.2. The van der Waals surface area contributed by atoms with E-state index in [2.05, 4.69) is 37.0 Å². The van der Waals surface area contributed by atoms with Crippen LogP contribution in [0.5, 0.6) is 0 Å². The summed E-state index contributed by atoms with van der Waals surface area (Å²) in [6, 6.07) is 1.87. The standard InChI is InChI=1S/C18H22ClN7/c1-3-12-14(19)11(4-7-21-12)15-16-17(25-24-15)23-13(10-22-16)26-8-5-18(2,20)6-9-26/h4,7,10H,3,5-6,8-9,20H2,1-2H3,(H,23,24,25). The third-order valence-corrected chi connectivity index (χ3v) is 5.47. The molecule has 0 bridgehead atoms. The van der Waals surface area contributed by atoms with Crippen molar-refractivity contribution in [1.82, 2.24) is 25.1 Å². The largest absolute Gasteiger partial charge is 0.355 e. The van der Waals surface area contributed by atoms with Crippen LogP contribution in [0.1, 0.15) is 32.4 Å². The van der Waals surface area contributed by atoms with Crippen molar-refractivity contribution in [2.75, 3.05) is 18.0 Å². The predicted molar refractivity (Wildman–Crippen MR) is 103 cm³/mol. The van der Waals surface area contributed by atoms with Gasteiger partial charge in [-0.15, -0.1) is 0 Å². The molecule has 136 valence electrons. The number of nitrogens with two attached hydrogens (primary N) is 1. The Hall–Kier alpha value is -2.25. The number of aromatic nitrogens is 5. The summed E-state index contributed by atoms with van der Waals surface area (Å²) in [6.07, 6.45) is 6.20. The van der Waals surface area contributed by atoms with Crippen LogP contribution in [0.4, 0.5) is 5.82 Å². The van der Waals surface area contributed by atoms with Gasteiger partial charge in [-0.05, 0) is 32.3 Å². The van der Waals surface area contributed by atoms with E-state index in [4.69, 9.17) is 17.3 Å². The molecule has 1 aliphatic heterocycles. The molecular formula is C18H22ClN7. The SMILES string of the molecule is CCc1nccc(-c2[nH]nc3nc(N4CCC(C)(N)CC4)cnc23)c1Cl. The number of aromatic amines is 1. The topological polar surface area (TPSA) is 96.6 Å². The fraction of sp³-hybridized carbons (Fsp3) is 0.444. The molecule has 0 spiro atoms. The normalized spacial score (nSPS) is 17.0. The molecule has 4 heterocycles. The number of pyridine rings is 1. The number of nitrogens with zero attached hydrogens (tertiary/aromatic N) is 5. The van der Waals surface area contributed by atoms with E-state index >= 15 is 0 Å². The molecule has 0 atom stereocenters. The molecule has 1 saturated heterocycles. The van der Waals surface area contributed by atoms with Gasteiger partial charge < -0.3 is 10.6 Å². The van der Waals surface area contributed by atoms with E-state index in [-0.39, 0.29) is 5.54 Å². The van der Waals surface area contributed by atoms with E-state index in [1.54, 1.807) is 12.4 Å². The maximum Gasteiger partial charge on any atom is 0.202 e. The van der Waals surface area contributed by atoms with E-state index < -0.39 is 0 Å². The van der Waals surface area contributed by atoms with Gasteiger partial charge in [-0.25, -0.2) is 9.97 Å². The molecule has 8 heteroatoms. The van der Waals surface area contributed by atoms with Gasteiger partial charge in [0.1, 0.15) is 11.3 Å². The average Bonchev–Trinajstić information content (AvgIpc) is 3.05. The van der Waals surface area contributed by atoms with Crippen molar-refractivity contribution in [2.24, 2.45) is 5.73 Å². The highest BCUT2D eigenvalue weighted by atomic mass is 35.5. The van der Waals surface area contributed by atoms with E-state index in [0.29, 0.717) is 16.2 Å². The highest BCUT2D eigenvalue weighted by molar-refractivity contribution is 6.34. The summed E-state index contributed by atoms with van der Waals surface area (Å²) in [5, 5.41) is 8.02. The van der Waals surface area contributed by atoms with Crippen molar-refractivity contribution in [3.05, 3.63) is 29.2 Å². The number of aryl methyl sites for hydroxylation is 1. The molecule has 0 radical (unpaired) electrons. The van der Waals surface area contributed by atoms with E-state index in [9.17, 15) is 0 Å². The third-order valence-electron chi connectivity index (χ3n) is 5.05. The van der Waals surface area contributed by atoms with Crippen molar-refractivity contribution in [2.45, 2.75) is 38.6 Å². The lowest BCUT2D eigenvalue weighted by Crippen LogP contribution is -2.48. The summed E-state index contributed by atoms with van der Waals surface area (Å²) >= 11 is 6.50. The van der Waals surface area contributed by atoms with Crippen molar-refractivity contribution in [3.8, 4) is 11.3 Å². The number of anilines is 1. The van der Waals surface area contributed by atoms with Crippen molar-refractivity contribution in [3.63, 3.8) is 0 Å². The van der Waals surface area contributed by atoms with Gasteiger partial charge in [-0.1, -0.05) is 18.5 Å². The molecule has 3 aromatic heterocycles. The van der Waals surface area contributed by atoms with Crippen LogP contribution in [0.15, 0.2) is 18.5 Å². The number of H-pyrrole nitrogens is 1. The fourth-order valence-electron chi connectivity index (χ4n) is 3.30. The Balaban J connectivity index is 1.69. The lowest BCUT2D eigenvalue weighted by atomic mass is 9.91. The molecule has 3 N–H and O–H groups in total. The van der Waals surface area contributed by atoms with Crippen LogP contribution in [0, 0.1) is 0 Å². The Bertz CT molecular complexity index is 940. The van der Waals surface area contributed by atoms with Crippen molar-refractivity contribution >= 4 is 28.6 Å². The zero-order chi connectivity index (χ0) is 18.3. The van der Waals surface area contributed by atoms with Crippen LogP contribution in [0.3, 0.4) is 0 Å². The average molecular weight is 372 g/mol. The van der Waals surface area contributed by atoms with Crippen molar-refractivity contribution in [1.29, 1.82) is 0 Å². The zero-order valence-electron chi connectivity index (χ0n) is 15.0. The van der Waals surface area contributed by atoms with Gasteiger partial charge >= 0.3 is 0 Å². The number of hydrogen-bond acceptors (Lipinski definition) is 6. The first-order chi connectivity index (χ1) is 12.5. The molecule has 0 aliphatic carbocycles. The second kappa shape index (κ2) is 6.48.